The maximum Gasteiger partial charge on any atom is 0.188 e. The third-order valence-electron chi connectivity index (χ3n) is 3.37. The number of hydrogen-bond acceptors (Lipinski definition) is 5. The molecule has 5 nitrogen and oxygen atoms in total. The topological polar surface area (TPSA) is 66.5 Å². The van der Waals surface area contributed by atoms with E-state index in [1.807, 2.05) is 60.1 Å². The van der Waals surface area contributed by atoms with E-state index >= 15 is 0 Å². The molecule has 0 bridgehead atoms. The predicted molar refractivity (Wildman–Crippen MR) is 92.7 cm³/mol. The Bertz CT molecular complexity index is 899. The van der Waals surface area contributed by atoms with Gasteiger partial charge in [0, 0.05) is 28.9 Å². The van der Waals surface area contributed by atoms with Crippen LogP contribution in [0.15, 0.2) is 66.3 Å². The van der Waals surface area contributed by atoms with Crippen LogP contribution in [0.1, 0.15) is 0 Å². The molecule has 1 aromatic carbocycles. The Labute approximate surface area is 137 Å². The Morgan fingerprint density at radius 1 is 1.00 bits per heavy atom. The van der Waals surface area contributed by atoms with Crippen LogP contribution in [-0.4, -0.2) is 20.2 Å². The lowest BCUT2D eigenvalue weighted by molar-refractivity contribution is 1.10. The maximum atomic E-state index is 4.64. The van der Waals surface area contributed by atoms with Gasteiger partial charge in [0.1, 0.15) is 11.5 Å². The second kappa shape index (κ2) is 6.02. The van der Waals surface area contributed by atoms with Crippen LogP contribution in [0.25, 0.3) is 22.5 Å². The average Bonchev–Trinajstić information content (AvgIpc) is 3.25. The summed E-state index contributed by atoms with van der Waals surface area (Å²) in [4.78, 5) is 8.89. The zero-order valence-corrected chi connectivity index (χ0v) is 12.9. The summed E-state index contributed by atoms with van der Waals surface area (Å²) in [6.07, 6.45) is 3.63. The van der Waals surface area contributed by atoms with Crippen molar-refractivity contribution in [2.75, 3.05) is 5.32 Å². The quantitative estimate of drug-likeness (QED) is 0.587. The summed E-state index contributed by atoms with van der Waals surface area (Å²) in [6.45, 7) is 0. The first-order chi connectivity index (χ1) is 11.4. The number of nitrogens with one attached hydrogen (secondary N) is 2. The van der Waals surface area contributed by atoms with E-state index in [4.69, 9.17) is 0 Å². The summed E-state index contributed by atoms with van der Waals surface area (Å²) in [5, 5.41) is 13.3. The van der Waals surface area contributed by atoms with E-state index in [2.05, 4.69) is 25.5 Å². The number of aromatic nitrogens is 4. The number of anilines is 2. The van der Waals surface area contributed by atoms with Crippen LogP contribution in [0.4, 0.5) is 10.9 Å². The largest absolute Gasteiger partial charge is 0.316 e. The van der Waals surface area contributed by atoms with E-state index in [1.54, 1.807) is 17.5 Å². The minimum atomic E-state index is 0.781. The summed E-state index contributed by atoms with van der Waals surface area (Å²) in [5.74, 6) is 0.781. The highest BCUT2D eigenvalue weighted by atomic mass is 32.1. The van der Waals surface area contributed by atoms with Gasteiger partial charge in [-0.3, -0.25) is 5.10 Å². The number of rotatable bonds is 4. The van der Waals surface area contributed by atoms with Gasteiger partial charge in [-0.1, -0.05) is 36.4 Å². The van der Waals surface area contributed by atoms with Crippen molar-refractivity contribution in [1.82, 2.24) is 20.2 Å². The van der Waals surface area contributed by atoms with Crippen LogP contribution in [-0.2, 0) is 0 Å². The van der Waals surface area contributed by atoms with Crippen molar-refractivity contribution < 1.29 is 0 Å². The van der Waals surface area contributed by atoms with Gasteiger partial charge >= 0.3 is 0 Å². The van der Waals surface area contributed by atoms with Crippen molar-refractivity contribution in [1.29, 1.82) is 0 Å². The van der Waals surface area contributed by atoms with Crippen LogP contribution in [0.5, 0.6) is 0 Å². The molecule has 0 unspecified atom stereocenters. The predicted octanol–water partition coefficient (Wildman–Crippen LogP) is 4.34. The number of H-pyrrole nitrogens is 1. The molecule has 3 heterocycles. The van der Waals surface area contributed by atoms with Gasteiger partial charge in [-0.25, -0.2) is 9.97 Å². The van der Waals surface area contributed by atoms with Crippen molar-refractivity contribution in [3.05, 3.63) is 66.3 Å². The molecule has 3 aromatic heterocycles. The molecule has 112 valence electrons. The van der Waals surface area contributed by atoms with Crippen LogP contribution in [0.2, 0.25) is 0 Å². The fourth-order valence-electron chi connectivity index (χ4n) is 2.30. The summed E-state index contributed by atoms with van der Waals surface area (Å²) >= 11 is 1.54. The number of benzene rings is 1. The molecule has 0 aliphatic rings. The van der Waals surface area contributed by atoms with Gasteiger partial charge in [0.2, 0.25) is 0 Å². The number of pyridine rings is 1. The second-order valence-corrected chi connectivity index (χ2v) is 5.75. The SMILES string of the molecule is c1ccc(-c2n[nH]cc2-c2csc(Nc3ccccn3)n2)cc1. The van der Waals surface area contributed by atoms with Crippen molar-refractivity contribution >= 4 is 22.3 Å². The molecule has 0 aliphatic heterocycles. The molecule has 0 amide bonds. The first-order valence-corrected chi connectivity index (χ1v) is 8.01. The third kappa shape index (κ3) is 2.84. The lowest BCUT2D eigenvalue weighted by atomic mass is 10.1. The van der Waals surface area contributed by atoms with Gasteiger partial charge < -0.3 is 5.32 Å². The number of aromatic amines is 1. The van der Waals surface area contributed by atoms with Gasteiger partial charge in [0.15, 0.2) is 5.13 Å². The van der Waals surface area contributed by atoms with Gasteiger partial charge in [-0.15, -0.1) is 11.3 Å². The fourth-order valence-corrected chi connectivity index (χ4v) is 3.02. The van der Waals surface area contributed by atoms with Gasteiger partial charge in [-0.05, 0) is 12.1 Å². The molecule has 6 heteroatoms. The molecular weight excluding hydrogens is 306 g/mol. The van der Waals surface area contributed by atoms with E-state index in [0.29, 0.717) is 0 Å². The number of thiazole rings is 1. The van der Waals surface area contributed by atoms with Crippen LogP contribution in [0.3, 0.4) is 0 Å². The molecule has 0 spiro atoms. The molecular formula is C17H13N5S. The smallest absolute Gasteiger partial charge is 0.188 e. The molecule has 2 N–H and O–H groups in total. The third-order valence-corrected chi connectivity index (χ3v) is 4.13. The van der Waals surface area contributed by atoms with Crippen molar-refractivity contribution in [2.45, 2.75) is 0 Å². The summed E-state index contributed by atoms with van der Waals surface area (Å²) in [6, 6.07) is 15.8. The Hall–Kier alpha value is -2.99. The molecule has 4 aromatic rings. The standard InChI is InChI=1S/C17H13N5S/c1-2-6-12(7-3-1)16-13(10-19-22-16)14-11-23-17(20-14)21-15-8-4-5-9-18-15/h1-11H,(H,19,22)(H,18,20,21). The lowest BCUT2D eigenvalue weighted by Crippen LogP contribution is -1.91. The van der Waals surface area contributed by atoms with E-state index in [0.717, 1.165) is 33.5 Å². The van der Waals surface area contributed by atoms with Crippen LogP contribution in [0, 0.1) is 0 Å². The highest BCUT2D eigenvalue weighted by Gasteiger charge is 2.13. The van der Waals surface area contributed by atoms with Crippen molar-refractivity contribution in [3.63, 3.8) is 0 Å². The Morgan fingerprint density at radius 2 is 1.87 bits per heavy atom. The van der Waals surface area contributed by atoms with Gasteiger partial charge in [0.05, 0.1) is 5.69 Å². The molecule has 0 saturated carbocycles. The highest BCUT2D eigenvalue weighted by Crippen LogP contribution is 2.32. The summed E-state index contributed by atoms with van der Waals surface area (Å²) in [7, 11) is 0. The van der Waals surface area contributed by atoms with E-state index < -0.39 is 0 Å². The molecule has 0 radical (unpaired) electrons. The van der Waals surface area contributed by atoms with Crippen LogP contribution >= 0.6 is 11.3 Å². The normalized spacial score (nSPS) is 10.6. The highest BCUT2D eigenvalue weighted by molar-refractivity contribution is 7.14. The molecule has 4 rings (SSSR count). The Morgan fingerprint density at radius 3 is 2.70 bits per heavy atom. The van der Waals surface area contributed by atoms with Crippen molar-refractivity contribution in [3.8, 4) is 22.5 Å². The van der Waals surface area contributed by atoms with E-state index in [9.17, 15) is 0 Å². The van der Waals surface area contributed by atoms with E-state index in [1.165, 1.54) is 0 Å². The number of hydrogen-bond donors (Lipinski definition) is 2. The zero-order valence-electron chi connectivity index (χ0n) is 12.1. The molecule has 0 atom stereocenters. The first kappa shape index (κ1) is 13.7. The van der Waals surface area contributed by atoms with Gasteiger partial charge in [-0.2, -0.15) is 5.10 Å². The molecule has 0 aliphatic carbocycles. The lowest BCUT2D eigenvalue weighted by Gasteiger charge is -2.01. The summed E-state index contributed by atoms with van der Waals surface area (Å²) < 4.78 is 0. The van der Waals surface area contributed by atoms with E-state index in [-0.39, 0.29) is 0 Å². The van der Waals surface area contributed by atoms with Crippen molar-refractivity contribution in [2.24, 2.45) is 0 Å². The molecule has 0 fully saturated rings. The van der Waals surface area contributed by atoms with Gasteiger partial charge in [0.25, 0.3) is 0 Å². The minimum Gasteiger partial charge on any atom is -0.316 e. The second-order valence-electron chi connectivity index (χ2n) is 4.89. The first-order valence-electron chi connectivity index (χ1n) is 7.13. The van der Waals surface area contributed by atoms with Crippen LogP contribution < -0.4 is 5.32 Å². The zero-order chi connectivity index (χ0) is 15.5. The summed E-state index contributed by atoms with van der Waals surface area (Å²) in [5.41, 5.74) is 3.85. The average molecular weight is 319 g/mol. The minimum absolute atomic E-state index is 0.781. The number of nitrogens with zero attached hydrogens (tertiary/aromatic N) is 3. The Balaban J connectivity index is 1.64. The fraction of sp³-hybridized carbons (Fsp3) is 0. The molecule has 0 saturated heterocycles. The molecule has 23 heavy (non-hydrogen) atoms. The maximum absolute atomic E-state index is 4.64. The Kier molecular flexibility index (Phi) is 3.57. The monoisotopic (exact) mass is 319 g/mol.